The lowest BCUT2D eigenvalue weighted by Crippen LogP contribution is -2.44. The van der Waals surface area contributed by atoms with Crippen LogP contribution >= 0.6 is 0 Å². The highest BCUT2D eigenvalue weighted by atomic mass is 15.1. The maximum atomic E-state index is 6.36. The molecule has 18 heavy (non-hydrogen) atoms. The summed E-state index contributed by atoms with van der Waals surface area (Å²) < 4.78 is 0. The van der Waals surface area contributed by atoms with E-state index in [1.807, 2.05) is 0 Å². The van der Waals surface area contributed by atoms with E-state index in [0.29, 0.717) is 6.04 Å². The summed E-state index contributed by atoms with van der Waals surface area (Å²) in [5.41, 5.74) is 6.36. The van der Waals surface area contributed by atoms with E-state index in [4.69, 9.17) is 5.73 Å². The first-order chi connectivity index (χ1) is 8.60. The Morgan fingerprint density at radius 2 is 1.83 bits per heavy atom. The molecule has 0 spiro atoms. The Morgan fingerprint density at radius 1 is 1.11 bits per heavy atom. The zero-order valence-corrected chi connectivity index (χ0v) is 12.6. The molecule has 0 aromatic carbocycles. The Hall–Kier alpha value is -0.0800. The maximum absolute atomic E-state index is 6.36. The fourth-order valence-electron chi connectivity index (χ4n) is 3.47. The van der Waals surface area contributed by atoms with Crippen LogP contribution in [0, 0.1) is 23.7 Å². The summed E-state index contributed by atoms with van der Waals surface area (Å²) >= 11 is 0. The van der Waals surface area contributed by atoms with Crippen molar-refractivity contribution in [2.75, 3.05) is 19.6 Å². The SMILES string of the molecule is CCN(CC1CC1)CC1CC(C(C)C)CCC1N. The summed E-state index contributed by atoms with van der Waals surface area (Å²) in [5.74, 6) is 3.49. The summed E-state index contributed by atoms with van der Waals surface area (Å²) in [5, 5.41) is 0. The van der Waals surface area contributed by atoms with E-state index in [1.54, 1.807) is 0 Å². The minimum absolute atomic E-state index is 0.452. The van der Waals surface area contributed by atoms with Crippen molar-refractivity contribution in [2.24, 2.45) is 29.4 Å². The lowest BCUT2D eigenvalue weighted by atomic mass is 9.73. The van der Waals surface area contributed by atoms with Crippen molar-refractivity contribution in [3.63, 3.8) is 0 Å². The molecule has 2 heteroatoms. The minimum Gasteiger partial charge on any atom is -0.327 e. The van der Waals surface area contributed by atoms with Gasteiger partial charge in [0.15, 0.2) is 0 Å². The van der Waals surface area contributed by atoms with Gasteiger partial charge in [-0.25, -0.2) is 0 Å². The van der Waals surface area contributed by atoms with Crippen LogP contribution in [0.4, 0.5) is 0 Å². The molecule has 0 bridgehead atoms. The highest BCUT2D eigenvalue weighted by Crippen LogP contribution is 2.35. The fourth-order valence-corrected chi connectivity index (χ4v) is 3.47. The Morgan fingerprint density at radius 3 is 2.39 bits per heavy atom. The predicted molar refractivity (Wildman–Crippen MR) is 78.5 cm³/mol. The Balaban J connectivity index is 1.83. The first-order valence-electron chi connectivity index (χ1n) is 8.08. The Labute approximate surface area is 113 Å². The van der Waals surface area contributed by atoms with Crippen molar-refractivity contribution in [1.29, 1.82) is 0 Å². The molecule has 0 aromatic rings. The molecule has 0 heterocycles. The smallest absolute Gasteiger partial charge is 0.00795 e. The maximum Gasteiger partial charge on any atom is 0.00795 e. The van der Waals surface area contributed by atoms with Crippen LogP contribution in [0.1, 0.15) is 52.9 Å². The monoisotopic (exact) mass is 252 g/mol. The normalized spacial score (nSPS) is 33.3. The molecule has 3 atom stereocenters. The van der Waals surface area contributed by atoms with Crippen LogP contribution in [0.15, 0.2) is 0 Å². The molecule has 2 fully saturated rings. The highest BCUT2D eigenvalue weighted by molar-refractivity contribution is 4.86. The van der Waals surface area contributed by atoms with E-state index >= 15 is 0 Å². The summed E-state index contributed by atoms with van der Waals surface area (Å²) in [6, 6.07) is 0.452. The molecule has 0 saturated heterocycles. The molecule has 2 rings (SSSR count). The average molecular weight is 252 g/mol. The fraction of sp³-hybridized carbons (Fsp3) is 1.00. The van der Waals surface area contributed by atoms with Gasteiger partial charge in [-0.15, -0.1) is 0 Å². The quantitative estimate of drug-likeness (QED) is 0.787. The van der Waals surface area contributed by atoms with Crippen molar-refractivity contribution in [3.05, 3.63) is 0 Å². The molecule has 0 aromatic heterocycles. The van der Waals surface area contributed by atoms with Crippen LogP contribution in [-0.4, -0.2) is 30.6 Å². The van der Waals surface area contributed by atoms with Crippen LogP contribution in [0.25, 0.3) is 0 Å². The second-order valence-electron chi connectivity index (χ2n) is 7.04. The van der Waals surface area contributed by atoms with Gasteiger partial charge in [-0.3, -0.25) is 0 Å². The molecule has 2 aliphatic rings. The third-order valence-corrected chi connectivity index (χ3v) is 5.18. The van der Waals surface area contributed by atoms with Gasteiger partial charge in [-0.2, -0.15) is 0 Å². The standard InChI is InChI=1S/C16H32N2/c1-4-18(10-13-5-6-13)11-15-9-14(12(2)3)7-8-16(15)17/h12-16H,4-11,17H2,1-3H3. The number of hydrogen-bond acceptors (Lipinski definition) is 2. The summed E-state index contributed by atoms with van der Waals surface area (Å²) in [7, 11) is 0. The molecule has 106 valence electrons. The van der Waals surface area contributed by atoms with Gasteiger partial charge in [-0.05, 0) is 62.3 Å². The van der Waals surface area contributed by atoms with E-state index in [0.717, 1.165) is 23.7 Å². The van der Waals surface area contributed by atoms with Gasteiger partial charge in [0, 0.05) is 19.1 Å². The number of nitrogens with two attached hydrogens (primary N) is 1. The molecular weight excluding hydrogens is 220 g/mol. The molecular formula is C16H32N2. The second kappa shape index (κ2) is 6.38. The van der Waals surface area contributed by atoms with Gasteiger partial charge in [0.1, 0.15) is 0 Å². The zero-order chi connectivity index (χ0) is 13.1. The van der Waals surface area contributed by atoms with Crippen molar-refractivity contribution >= 4 is 0 Å². The summed E-state index contributed by atoms with van der Waals surface area (Å²) in [4.78, 5) is 2.66. The van der Waals surface area contributed by atoms with E-state index < -0.39 is 0 Å². The van der Waals surface area contributed by atoms with E-state index in [2.05, 4.69) is 25.7 Å². The molecule has 0 amide bonds. The average Bonchev–Trinajstić information content (AvgIpc) is 3.14. The lowest BCUT2D eigenvalue weighted by molar-refractivity contribution is 0.137. The van der Waals surface area contributed by atoms with Gasteiger partial charge in [0.2, 0.25) is 0 Å². The van der Waals surface area contributed by atoms with Crippen LogP contribution in [-0.2, 0) is 0 Å². The molecule has 2 nitrogen and oxygen atoms in total. The van der Waals surface area contributed by atoms with Gasteiger partial charge in [0.05, 0.1) is 0 Å². The van der Waals surface area contributed by atoms with Gasteiger partial charge in [-0.1, -0.05) is 20.8 Å². The number of hydrogen-bond donors (Lipinski definition) is 1. The van der Waals surface area contributed by atoms with Gasteiger partial charge >= 0.3 is 0 Å². The van der Waals surface area contributed by atoms with E-state index in [9.17, 15) is 0 Å². The number of rotatable bonds is 6. The molecule has 2 N–H and O–H groups in total. The molecule has 2 saturated carbocycles. The van der Waals surface area contributed by atoms with Crippen molar-refractivity contribution in [3.8, 4) is 0 Å². The van der Waals surface area contributed by atoms with Gasteiger partial charge in [0.25, 0.3) is 0 Å². The Kier molecular flexibility index (Phi) is 5.08. The molecule has 2 aliphatic carbocycles. The molecule has 0 aliphatic heterocycles. The van der Waals surface area contributed by atoms with E-state index in [1.165, 1.54) is 51.7 Å². The van der Waals surface area contributed by atoms with Gasteiger partial charge < -0.3 is 10.6 Å². The van der Waals surface area contributed by atoms with Crippen LogP contribution in [0.3, 0.4) is 0 Å². The lowest BCUT2D eigenvalue weighted by Gasteiger charge is -2.38. The number of nitrogens with zero attached hydrogens (tertiary/aromatic N) is 1. The van der Waals surface area contributed by atoms with E-state index in [-0.39, 0.29) is 0 Å². The topological polar surface area (TPSA) is 29.3 Å². The largest absolute Gasteiger partial charge is 0.327 e. The highest BCUT2D eigenvalue weighted by Gasteiger charge is 2.32. The summed E-state index contributed by atoms with van der Waals surface area (Å²) in [6.45, 7) is 10.8. The third-order valence-electron chi connectivity index (χ3n) is 5.18. The van der Waals surface area contributed by atoms with Crippen LogP contribution in [0.2, 0.25) is 0 Å². The third kappa shape index (κ3) is 3.96. The predicted octanol–water partition coefficient (Wildman–Crippen LogP) is 3.12. The minimum atomic E-state index is 0.452. The van der Waals surface area contributed by atoms with Crippen LogP contribution < -0.4 is 5.73 Å². The Bertz CT molecular complexity index is 247. The summed E-state index contributed by atoms with van der Waals surface area (Å²) in [6.07, 6.45) is 6.88. The molecule has 0 radical (unpaired) electrons. The first-order valence-corrected chi connectivity index (χ1v) is 8.08. The van der Waals surface area contributed by atoms with Crippen LogP contribution in [0.5, 0.6) is 0 Å². The van der Waals surface area contributed by atoms with Crippen molar-refractivity contribution < 1.29 is 0 Å². The first kappa shape index (κ1) is 14.3. The van der Waals surface area contributed by atoms with Crippen molar-refractivity contribution in [2.45, 2.75) is 58.9 Å². The molecule has 3 unspecified atom stereocenters. The van der Waals surface area contributed by atoms with Crippen molar-refractivity contribution in [1.82, 2.24) is 4.90 Å². The second-order valence-corrected chi connectivity index (χ2v) is 7.04. The zero-order valence-electron chi connectivity index (χ0n) is 12.6.